The maximum atomic E-state index is 11.5. The minimum Gasteiger partial charge on any atom is -0.341 e. The largest absolute Gasteiger partial charge is 0.341 e. The molecule has 1 aromatic heterocycles. The van der Waals surface area contributed by atoms with Gasteiger partial charge in [-0.15, -0.1) is 0 Å². The zero-order valence-corrected chi connectivity index (χ0v) is 10.4. The number of H-pyrrole nitrogens is 1. The summed E-state index contributed by atoms with van der Waals surface area (Å²) < 4.78 is 0. The molecular formula is C14H16N2O. The standard InChI is InChI=1S/C14H16N2O/c1-4-12-13(10(3)17)16-14(15-12)11-8-6-5-7-9(11)2/h5-8H,4H2,1-3H3,(H,15,16). The Hall–Kier alpha value is -1.90. The van der Waals surface area contributed by atoms with E-state index in [1.54, 1.807) is 6.92 Å². The molecule has 0 atom stereocenters. The topological polar surface area (TPSA) is 45.8 Å². The van der Waals surface area contributed by atoms with Gasteiger partial charge in [-0.25, -0.2) is 4.98 Å². The number of carbonyl (C=O) groups is 1. The van der Waals surface area contributed by atoms with Crippen molar-refractivity contribution in [3.8, 4) is 11.4 Å². The third kappa shape index (κ3) is 2.13. The van der Waals surface area contributed by atoms with Crippen LogP contribution >= 0.6 is 0 Å². The molecule has 0 fully saturated rings. The molecule has 0 radical (unpaired) electrons. The van der Waals surface area contributed by atoms with E-state index in [0.717, 1.165) is 29.1 Å². The highest BCUT2D eigenvalue weighted by Crippen LogP contribution is 2.22. The van der Waals surface area contributed by atoms with Crippen molar-refractivity contribution in [2.24, 2.45) is 0 Å². The van der Waals surface area contributed by atoms with Gasteiger partial charge in [0.15, 0.2) is 5.78 Å². The Bertz CT molecular complexity index is 555. The van der Waals surface area contributed by atoms with Gasteiger partial charge in [-0.2, -0.15) is 0 Å². The lowest BCUT2D eigenvalue weighted by atomic mass is 10.1. The van der Waals surface area contributed by atoms with E-state index in [1.165, 1.54) is 0 Å². The van der Waals surface area contributed by atoms with Crippen LogP contribution in [0.25, 0.3) is 11.4 Å². The summed E-state index contributed by atoms with van der Waals surface area (Å²) in [5.41, 5.74) is 3.68. The van der Waals surface area contributed by atoms with Gasteiger partial charge in [0.05, 0.1) is 0 Å². The fourth-order valence-corrected chi connectivity index (χ4v) is 1.92. The first-order valence-electron chi connectivity index (χ1n) is 5.79. The van der Waals surface area contributed by atoms with Gasteiger partial charge in [-0.3, -0.25) is 4.79 Å². The van der Waals surface area contributed by atoms with Gasteiger partial charge in [0.25, 0.3) is 0 Å². The Morgan fingerprint density at radius 3 is 2.59 bits per heavy atom. The highest BCUT2D eigenvalue weighted by Gasteiger charge is 2.14. The maximum absolute atomic E-state index is 11.5. The monoisotopic (exact) mass is 228 g/mol. The fourth-order valence-electron chi connectivity index (χ4n) is 1.92. The van der Waals surface area contributed by atoms with Crippen molar-refractivity contribution >= 4 is 5.78 Å². The normalized spacial score (nSPS) is 10.5. The van der Waals surface area contributed by atoms with E-state index >= 15 is 0 Å². The van der Waals surface area contributed by atoms with E-state index in [-0.39, 0.29) is 5.78 Å². The van der Waals surface area contributed by atoms with Crippen molar-refractivity contribution in [1.82, 2.24) is 9.97 Å². The molecule has 0 bridgehead atoms. The molecule has 1 aromatic carbocycles. The molecule has 17 heavy (non-hydrogen) atoms. The van der Waals surface area contributed by atoms with E-state index in [2.05, 4.69) is 9.97 Å². The van der Waals surface area contributed by atoms with Crippen molar-refractivity contribution in [2.45, 2.75) is 27.2 Å². The molecule has 0 aliphatic heterocycles. The van der Waals surface area contributed by atoms with E-state index in [0.29, 0.717) is 5.69 Å². The number of aromatic nitrogens is 2. The molecule has 0 aliphatic rings. The van der Waals surface area contributed by atoms with Crippen LogP contribution in [0, 0.1) is 6.92 Å². The van der Waals surface area contributed by atoms with Gasteiger partial charge in [-0.1, -0.05) is 31.2 Å². The number of rotatable bonds is 3. The van der Waals surface area contributed by atoms with Crippen LogP contribution in [0.2, 0.25) is 0 Å². The molecule has 0 spiro atoms. The van der Waals surface area contributed by atoms with E-state index < -0.39 is 0 Å². The maximum Gasteiger partial charge on any atom is 0.179 e. The average molecular weight is 228 g/mol. The van der Waals surface area contributed by atoms with E-state index in [1.807, 2.05) is 38.1 Å². The van der Waals surface area contributed by atoms with Crippen molar-refractivity contribution < 1.29 is 4.79 Å². The smallest absolute Gasteiger partial charge is 0.179 e. The van der Waals surface area contributed by atoms with E-state index in [4.69, 9.17) is 0 Å². The lowest BCUT2D eigenvalue weighted by Gasteiger charge is -2.00. The van der Waals surface area contributed by atoms with Gasteiger partial charge in [0.1, 0.15) is 11.5 Å². The Morgan fingerprint density at radius 1 is 1.35 bits per heavy atom. The summed E-state index contributed by atoms with van der Waals surface area (Å²) in [5.74, 6) is 0.795. The van der Waals surface area contributed by atoms with Crippen molar-refractivity contribution in [2.75, 3.05) is 0 Å². The number of ketones is 1. The van der Waals surface area contributed by atoms with Crippen molar-refractivity contribution in [3.63, 3.8) is 0 Å². The molecule has 0 aliphatic carbocycles. The van der Waals surface area contributed by atoms with Crippen molar-refractivity contribution in [1.29, 1.82) is 0 Å². The summed E-state index contributed by atoms with van der Waals surface area (Å²) in [7, 11) is 0. The van der Waals surface area contributed by atoms with Gasteiger partial charge in [-0.05, 0) is 18.9 Å². The number of hydrogen-bond acceptors (Lipinski definition) is 2. The second-order valence-corrected chi connectivity index (χ2v) is 4.14. The number of hydrogen-bond donors (Lipinski definition) is 1. The number of nitrogens with zero attached hydrogens (tertiary/aromatic N) is 1. The lowest BCUT2D eigenvalue weighted by Crippen LogP contribution is -1.97. The highest BCUT2D eigenvalue weighted by molar-refractivity contribution is 5.94. The molecule has 88 valence electrons. The van der Waals surface area contributed by atoms with Gasteiger partial charge >= 0.3 is 0 Å². The summed E-state index contributed by atoms with van der Waals surface area (Å²) in [4.78, 5) is 19.1. The predicted molar refractivity (Wildman–Crippen MR) is 68.1 cm³/mol. The fraction of sp³-hybridized carbons (Fsp3) is 0.286. The molecule has 3 nitrogen and oxygen atoms in total. The minimum atomic E-state index is 0.0120. The number of nitrogens with one attached hydrogen (secondary N) is 1. The summed E-state index contributed by atoms with van der Waals surface area (Å²) in [6, 6.07) is 8.02. The first-order valence-corrected chi connectivity index (χ1v) is 5.79. The molecule has 3 heteroatoms. The molecule has 0 amide bonds. The van der Waals surface area contributed by atoms with Crippen LogP contribution < -0.4 is 0 Å². The van der Waals surface area contributed by atoms with Crippen LogP contribution in [0.4, 0.5) is 0 Å². The Kier molecular flexibility index (Phi) is 3.09. The summed E-state index contributed by atoms with van der Waals surface area (Å²) in [5, 5.41) is 0. The summed E-state index contributed by atoms with van der Waals surface area (Å²) in [6.45, 7) is 5.61. The Labute approximate surface area is 101 Å². The molecule has 0 saturated carbocycles. The Morgan fingerprint density at radius 2 is 2.06 bits per heavy atom. The summed E-state index contributed by atoms with van der Waals surface area (Å²) >= 11 is 0. The zero-order chi connectivity index (χ0) is 12.4. The highest BCUT2D eigenvalue weighted by atomic mass is 16.1. The SMILES string of the molecule is CCc1[nH]c(-c2ccccc2C)nc1C(C)=O. The second-order valence-electron chi connectivity index (χ2n) is 4.14. The number of aromatic amines is 1. The molecule has 1 N–H and O–H groups in total. The molecule has 0 unspecified atom stereocenters. The average Bonchev–Trinajstić information content (AvgIpc) is 2.73. The zero-order valence-electron chi connectivity index (χ0n) is 10.4. The van der Waals surface area contributed by atoms with Crippen LogP contribution in [0.1, 0.15) is 35.6 Å². The van der Waals surface area contributed by atoms with Crippen LogP contribution in [-0.2, 0) is 6.42 Å². The van der Waals surface area contributed by atoms with Crippen LogP contribution in [0.5, 0.6) is 0 Å². The molecule has 2 aromatic rings. The Balaban J connectivity index is 2.54. The number of benzene rings is 1. The van der Waals surface area contributed by atoms with E-state index in [9.17, 15) is 4.79 Å². The van der Waals surface area contributed by atoms with Gasteiger partial charge in [0, 0.05) is 18.2 Å². The van der Waals surface area contributed by atoms with Crippen molar-refractivity contribution in [3.05, 3.63) is 41.2 Å². The first-order chi connectivity index (χ1) is 8.13. The number of aryl methyl sites for hydroxylation is 2. The third-order valence-corrected chi connectivity index (χ3v) is 2.87. The van der Waals surface area contributed by atoms with Crippen LogP contribution in [0.3, 0.4) is 0 Å². The molecule has 2 rings (SSSR count). The molecule has 0 saturated heterocycles. The van der Waals surface area contributed by atoms with Crippen LogP contribution in [-0.4, -0.2) is 15.8 Å². The second kappa shape index (κ2) is 4.53. The quantitative estimate of drug-likeness (QED) is 0.820. The molecule has 1 heterocycles. The lowest BCUT2D eigenvalue weighted by molar-refractivity contribution is 0.101. The predicted octanol–water partition coefficient (Wildman–Crippen LogP) is 3.15. The molecular weight excluding hydrogens is 212 g/mol. The van der Waals surface area contributed by atoms with Gasteiger partial charge in [0.2, 0.25) is 0 Å². The number of imidazole rings is 1. The first kappa shape index (κ1) is 11.6. The number of Topliss-reactive ketones (excluding diaryl/α,β-unsaturated/α-hetero) is 1. The summed E-state index contributed by atoms with van der Waals surface area (Å²) in [6.07, 6.45) is 0.786. The van der Waals surface area contributed by atoms with Crippen LogP contribution in [0.15, 0.2) is 24.3 Å². The number of carbonyl (C=O) groups excluding carboxylic acids is 1. The van der Waals surface area contributed by atoms with Gasteiger partial charge < -0.3 is 4.98 Å². The minimum absolute atomic E-state index is 0.0120. The third-order valence-electron chi connectivity index (χ3n) is 2.87.